The van der Waals surface area contributed by atoms with E-state index in [-0.39, 0.29) is 0 Å². The van der Waals surface area contributed by atoms with Crippen LogP contribution in [0, 0.1) is 12.8 Å². The van der Waals surface area contributed by atoms with Gasteiger partial charge in [0.25, 0.3) is 0 Å². The van der Waals surface area contributed by atoms with Gasteiger partial charge in [-0.15, -0.1) is 0 Å². The maximum absolute atomic E-state index is 6.45. The van der Waals surface area contributed by atoms with Crippen LogP contribution in [0.5, 0.6) is 11.8 Å². The van der Waals surface area contributed by atoms with E-state index < -0.39 is 0 Å². The van der Waals surface area contributed by atoms with E-state index in [4.69, 9.17) is 14.6 Å². The number of aryl methyl sites for hydroxylation is 2. The Bertz CT molecular complexity index is 1570. The normalized spacial score (nSPS) is 20.3. The first-order valence-electron chi connectivity index (χ1n) is 14.1. The number of likely N-dealkylation sites (N-methyl/N-ethyl adjacent to an activating group) is 2. The summed E-state index contributed by atoms with van der Waals surface area (Å²) in [6.07, 6.45) is 11.3. The van der Waals surface area contributed by atoms with E-state index in [1.807, 2.05) is 13.2 Å². The van der Waals surface area contributed by atoms with Gasteiger partial charge in [0.1, 0.15) is 13.3 Å². The number of benzene rings is 1. The summed E-state index contributed by atoms with van der Waals surface area (Å²) in [5.74, 6) is 2.14. The van der Waals surface area contributed by atoms with Crippen molar-refractivity contribution in [2.45, 2.75) is 32.2 Å². The highest BCUT2D eigenvalue weighted by molar-refractivity contribution is 5.93. The Hall–Kier alpha value is -3.92. The van der Waals surface area contributed by atoms with Gasteiger partial charge in [0, 0.05) is 24.8 Å². The fourth-order valence-electron chi connectivity index (χ4n) is 5.55. The van der Waals surface area contributed by atoms with E-state index in [1.165, 1.54) is 0 Å². The van der Waals surface area contributed by atoms with Crippen molar-refractivity contribution in [1.29, 1.82) is 0 Å². The van der Waals surface area contributed by atoms with Crippen LogP contribution in [0.3, 0.4) is 0 Å². The van der Waals surface area contributed by atoms with E-state index in [2.05, 4.69) is 94.1 Å². The average Bonchev–Trinajstić information content (AvgIpc) is 3.57. The van der Waals surface area contributed by atoms with Gasteiger partial charge in [0.15, 0.2) is 6.54 Å². The van der Waals surface area contributed by atoms with Crippen molar-refractivity contribution >= 4 is 29.3 Å². The molecule has 10 heteroatoms. The third-order valence-electron chi connectivity index (χ3n) is 7.91. The Morgan fingerprint density at radius 3 is 2.75 bits per heavy atom. The van der Waals surface area contributed by atoms with Gasteiger partial charge in [-0.1, -0.05) is 6.07 Å². The molecule has 0 amide bonds. The molecule has 1 fully saturated rings. The maximum Gasteiger partial charge on any atom is 0.219 e. The molecule has 0 saturated heterocycles. The van der Waals surface area contributed by atoms with E-state index in [9.17, 15) is 0 Å². The quantitative estimate of drug-likeness (QED) is 0.302. The second kappa shape index (κ2) is 10.9. The number of rotatable bonds is 5. The first-order valence-corrected chi connectivity index (χ1v) is 14.1. The fourth-order valence-corrected chi connectivity index (χ4v) is 5.55. The second-order valence-corrected chi connectivity index (χ2v) is 11.3. The zero-order chi connectivity index (χ0) is 27.8. The zero-order valence-corrected chi connectivity index (χ0v) is 24.1. The number of nitrogens with zero attached hydrogens (tertiary/aromatic N) is 7. The van der Waals surface area contributed by atoms with Crippen molar-refractivity contribution < 1.29 is 14.0 Å². The molecule has 1 aromatic carbocycles. The SMILES string of the molecule is Cc1nn(C2CC(/C=[N+](/C)CCN(C)C)C2)c2c1/C=C/c1n[nH]c3ccc(cc13)-c1cnn(C)c1OCCCO2. The predicted molar refractivity (Wildman–Crippen MR) is 157 cm³/mol. The van der Waals surface area contributed by atoms with Crippen LogP contribution in [0.4, 0.5) is 0 Å². The van der Waals surface area contributed by atoms with Crippen LogP contribution in [0.1, 0.15) is 42.3 Å². The Labute approximate surface area is 234 Å². The average molecular weight is 544 g/mol. The van der Waals surface area contributed by atoms with Gasteiger partial charge >= 0.3 is 0 Å². The van der Waals surface area contributed by atoms with Gasteiger partial charge in [-0.25, -0.2) is 13.9 Å². The predicted octanol–water partition coefficient (Wildman–Crippen LogP) is 4.03. The van der Waals surface area contributed by atoms with Crippen LogP contribution in [0.25, 0.3) is 34.2 Å². The molecule has 0 atom stereocenters. The maximum atomic E-state index is 6.45. The number of hydrogen-bond acceptors (Lipinski definition) is 6. The van der Waals surface area contributed by atoms with Crippen LogP contribution >= 0.6 is 0 Å². The van der Waals surface area contributed by atoms with Crippen molar-refractivity contribution in [3.05, 3.63) is 41.3 Å². The lowest BCUT2D eigenvalue weighted by Crippen LogP contribution is -2.32. The highest BCUT2D eigenvalue weighted by Crippen LogP contribution is 2.41. The molecule has 0 radical (unpaired) electrons. The molecule has 2 aliphatic rings. The number of fused-ring (bicyclic) bond motifs is 4. The highest BCUT2D eigenvalue weighted by Gasteiger charge is 2.35. The minimum absolute atomic E-state index is 0.323. The molecule has 10 nitrogen and oxygen atoms in total. The largest absolute Gasteiger partial charge is 0.477 e. The van der Waals surface area contributed by atoms with Crippen molar-refractivity contribution in [3.8, 4) is 22.9 Å². The van der Waals surface area contributed by atoms with E-state index in [0.29, 0.717) is 25.2 Å². The number of ether oxygens (including phenoxy) is 2. The van der Waals surface area contributed by atoms with Gasteiger partial charge < -0.3 is 14.4 Å². The summed E-state index contributed by atoms with van der Waals surface area (Å²) in [4.78, 5) is 2.22. The molecule has 1 saturated carbocycles. The van der Waals surface area contributed by atoms with Crippen LogP contribution in [0.15, 0.2) is 24.4 Å². The summed E-state index contributed by atoms with van der Waals surface area (Å²) >= 11 is 0. The summed E-state index contributed by atoms with van der Waals surface area (Å²) in [5.41, 5.74) is 5.83. The molecule has 40 heavy (non-hydrogen) atoms. The molecule has 4 aromatic rings. The molecule has 2 bridgehead atoms. The monoisotopic (exact) mass is 543 g/mol. The summed E-state index contributed by atoms with van der Waals surface area (Å²) in [6.45, 7) is 5.21. The van der Waals surface area contributed by atoms with Gasteiger partial charge in [-0.2, -0.15) is 15.3 Å². The number of nitrogens with one attached hydrogen (secondary N) is 1. The fraction of sp³-hybridized carbons (Fsp3) is 0.467. The number of aromatic amines is 1. The summed E-state index contributed by atoms with van der Waals surface area (Å²) in [5, 5.41) is 18.2. The van der Waals surface area contributed by atoms with Gasteiger partial charge in [-0.3, -0.25) is 5.10 Å². The van der Waals surface area contributed by atoms with Crippen molar-refractivity contribution in [2.75, 3.05) is 47.4 Å². The molecule has 1 aliphatic carbocycles. The lowest BCUT2D eigenvalue weighted by atomic mass is 9.81. The first kappa shape index (κ1) is 26.3. The smallest absolute Gasteiger partial charge is 0.219 e. The zero-order valence-electron chi connectivity index (χ0n) is 24.1. The summed E-state index contributed by atoms with van der Waals surface area (Å²) in [7, 11) is 8.30. The molecule has 210 valence electrons. The standard InChI is InChI=1S/C30H39N8O2/c1-20-24-8-10-28-25-17-22(7-9-27(25)32-33-28)26-18-31-37(5)29(26)39-13-6-14-40-30(24)38(34-20)23-15-21(16-23)19-36(4)12-11-35(2)3/h7-10,17-19,21,23H,6,11-16H2,1-5H3,(H,32,33)/q+1/b10-8+,36-19-. The molecular weight excluding hydrogens is 504 g/mol. The molecule has 6 rings (SSSR count). The number of hydrogen-bond donors (Lipinski definition) is 1. The van der Waals surface area contributed by atoms with Crippen molar-refractivity contribution in [3.63, 3.8) is 0 Å². The third-order valence-corrected chi connectivity index (χ3v) is 7.91. The minimum atomic E-state index is 0.323. The van der Waals surface area contributed by atoms with Crippen LogP contribution in [-0.2, 0) is 7.05 Å². The molecule has 1 N–H and O–H groups in total. The second-order valence-electron chi connectivity index (χ2n) is 11.3. The van der Waals surface area contributed by atoms with E-state index >= 15 is 0 Å². The molecule has 0 spiro atoms. The molecular formula is C30H39N8O2+. The highest BCUT2D eigenvalue weighted by atomic mass is 16.5. The molecule has 1 aliphatic heterocycles. The Balaban J connectivity index is 1.30. The number of aromatic nitrogens is 6. The minimum Gasteiger partial charge on any atom is -0.477 e. The topological polar surface area (TPSA) is 89.0 Å². The van der Waals surface area contributed by atoms with Crippen molar-refractivity contribution in [1.82, 2.24) is 34.7 Å². The number of H-pyrrole nitrogens is 1. The third kappa shape index (κ3) is 5.15. The Morgan fingerprint density at radius 1 is 1.15 bits per heavy atom. The molecule has 0 unspecified atom stereocenters. The molecule has 4 heterocycles. The summed E-state index contributed by atoms with van der Waals surface area (Å²) in [6, 6.07) is 6.61. The lowest BCUT2D eigenvalue weighted by molar-refractivity contribution is -0.495. The summed E-state index contributed by atoms with van der Waals surface area (Å²) < 4.78 is 18.9. The van der Waals surface area contributed by atoms with Crippen LogP contribution < -0.4 is 9.47 Å². The van der Waals surface area contributed by atoms with Gasteiger partial charge in [-0.05, 0) is 63.7 Å². The van der Waals surface area contributed by atoms with Crippen molar-refractivity contribution in [2.24, 2.45) is 13.0 Å². The molecule has 3 aromatic heterocycles. The first-order chi connectivity index (χ1) is 19.4. The van der Waals surface area contributed by atoms with Crippen LogP contribution in [0.2, 0.25) is 0 Å². The van der Waals surface area contributed by atoms with E-state index in [1.54, 1.807) is 4.68 Å². The Kier molecular flexibility index (Phi) is 7.18. The van der Waals surface area contributed by atoms with E-state index in [0.717, 1.165) is 83.1 Å². The van der Waals surface area contributed by atoms with Gasteiger partial charge in [0.2, 0.25) is 11.8 Å². The van der Waals surface area contributed by atoms with Gasteiger partial charge in [0.05, 0.1) is 60.0 Å². The Morgan fingerprint density at radius 2 is 1.95 bits per heavy atom. The van der Waals surface area contributed by atoms with Crippen LogP contribution in [-0.4, -0.2) is 92.9 Å². The lowest BCUT2D eigenvalue weighted by Gasteiger charge is -2.32.